The number of allylic oxidation sites excluding steroid dienone is 22. The molecule has 0 saturated carbocycles. The van der Waals surface area contributed by atoms with Gasteiger partial charge in [-0.15, -0.1) is 0 Å². The molecule has 0 aliphatic carbocycles. The van der Waals surface area contributed by atoms with E-state index < -0.39 is 26.5 Å². The van der Waals surface area contributed by atoms with Crippen LogP contribution in [0.2, 0.25) is 0 Å². The molecule has 0 spiro atoms. The third kappa shape index (κ3) is 55.5. The fourth-order valence-corrected chi connectivity index (χ4v) is 7.67. The Hall–Kier alpha value is -3.85. The number of hydrogen-bond acceptors (Lipinski definition) is 7. The summed E-state index contributed by atoms with van der Waals surface area (Å²) in [7, 11) is 1.43. The Bertz CT molecular complexity index is 1670. The first kappa shape index (κ1) is 68.2. The first-order valence-electron chi connectivity index (χ1n) is 27.9. The van der Waals surface area contributed by atoms with E-state index >= 15 is 0 Å². The van der Waals surface area contributed by atoms with Crippen LogP contribution in [-0.2, 0) is 32.7 Å². The highest BCUT2D eigenvalue weighted by Gasteiger charge is 2.27. The molecule has 0 aliphatic rings. The van der Waals surface area contributed by atoms with Crippen molar-refractivity contribution in [1.29, 1.82) is 0 Å². The van der Waals surface area contributed by atoms with Crippen molar-refractivity contribution < 1.29 is 42.1 Å². The van der Waals surface area contributed by atoms with E-state index in [0.717, 1.165) is 135 Å². The van der Waals surface area contributed by atoms with Crippen LogP contribution in [0.25, 0.3) is 0 Å². The van der Waals surface area contributed by atoms with Crippen molar-refractivity contribution in [2.24, 2.45) is 0 Å². The Morgan fingerprint density at radius 1 is 0.431 bits per heavy atom. The fraction of sp³-hybridized carbons (Fsp3) is 0.613. The molecule has 0 aromatic rings. The quantitative estimate of drug-likeness (QED) is 0.0211. The van der Waals surface area contributed by atoms with Gasteiger partial charge in [-0.3, -0.25) is 18.6 Å². The molecule has 0 rings (SSSR count). The van der Waals surface area contributed by atoms with Crippen molar-refractivity contribution in [3.63, 3.8) is 0 Å². The summed E-state index contributed by atoms with van der Waals surface area (Å²) in [6.07, 6.45) is 75.1. The molecule has 2 atom stereocenters. The summed E-state index contributed by atoms with van der Waals surface area (Å²) in [5.74, 6) is -0.840. The van der Waals surface area contributed by atoms with Gasteiger partial charge < -0.3 is 18.9 Å². The van der Waals surface area contributed by atoms with Crippen molar-refractivity contribution in [3.05, 3.63) is 134 Å². The van der Waals surface area contributed by atoms with Gasteiger partial charge in [0, 0.05) is 12.8 Å². The predicted molar refractivity (Wildman–Crippen MR) is 307 cm³/mol. The normalized spacial score (nSPS) is 14.4. The van der Waals surface area contributed by atoms with Crippen LogP contribution in [0.1, 0.15) is 194 Å². The number of quaternary nitrogens is 1. The molecule has 0 saturated heterocycles. The summed E-state index contributed by atoms with van der Waals surface area (Å²) in [6.45, 7) is 4.15. The van der Waals surface area contributed by atoms with E-state index in [1.54, 1.807) is 0 Å². The minimum absolute atomic E-state index is 0.0179. The summed E-state index contributed by atoms with van der Waals surface area (Å²) in [5, 5.41) is 0. The van der Waals surface area contributed by atoms with Crippen molar-refractivity contribution in [2.75, 3.05) is 47.5 Å². The molecule has 0 heterocycles. The van der Waals surface area contributed by atoms with Gasteiger partial charge >= 0.3 is 19.8 Å². The molecular formula is C62H103NO8P+. The molecule has 72 heavy (non-hydrogen) atoms. The largest absolute Gasteiger partial charge is 0.472 e. The van der Waals surface area contributed by atoms with E-state index in [0.29, 0.717) is 17.4 Å². The molecule has 0 fully saturated rings. The summed E-state index contributed by atoms with van der Waals surface area (Å²) in [5.41, 5.74) is 0. The van der Waals surface area contributed by atoms with Crippen LogP contribution in [0.4, 0.5) is 0 Å². The van der Waals surface area contributed by atoms with Crippen LogP contribution in [0.5, 0.6) is 0 Å². The second-order valence-electron chi connectivity index (χ2n) is 19.2. The van der Waals surface area contributed by atoms with Crippen LogP contribution in [-0.4, -0.2) is 74.9 Å². The van der Waals surface area contributed by atoms with Gasteiger partial charge in [0.25, 0.3) is 0 Å². The number of hydrogen-bond donors (Lipinski definition) is 1. The van der Waals surface area contributed by atoms with E-state index in [4.69, 9.17) is 18.5 Å². The summed E-state index contributed by atoms with van der Waals surface area (Å²) >= 11 is 0. The minimum atomic E-state index is -4.40. The monoisotopic (exact) mass is 1020 g/mol. The van der Waals surface area contributed by atoms with Crippen molar-refractivity contribution in [3.8, 4) is 0 Å². The van der Waals surface area contributed by atoms with E-state index in [-0.39, 0.29) is 32.0 Å². The Labute approximate surface area is 441 Å². The maximum Gasteiger partial charge on any atom is 0.472 e. The van der Waals surface area contributed by atoms with E-state index in [1.165, 1.54) is 25.7 Å². The van der Waals surface area contributed by atoms with Crippen LogP contribution >= 0.6 is 7.82 Å². The third-order valence-corrected chi connectivity index (χ3v) is 12.2. The molecule has 1 N–H and O–H groups in total. The van der Waals surface area contributed by atoms with Gasteiger partial charge in [0.1, 0.15) is 19.8 Å². The molecule has 10 heteroatoms. The molecule has 2 unspecified atom stereocenters. The Kier molecular flexibility index (Phi) is 49.2. The molecule has 0 aromatic heterocycles. The minimum Gasteiger partial charge on any atom is -0.462 e. The van der Waals surface area contributed by atoms with Crippen LogP contribution in [0.15, 0.2) is 134 Å². The van der Waals surface area contributed by atoms with Crippen molar-refractivity contribution in [2.45, 2.75) is 200 Å². The van der Waals surface area contributed by atoms with E-state index in [9.17, 15) is 19.0 Å². The average molecular weight is 1020 g/mol. The van der Waals surface area contributed by atoms with Gasteiger partial charge in [0.05, 0.1) is 27.7 Å². The van der Waals surface area contributed by atoms with Crippen molar-refractivity contribution in [1.82, 2.24) is 0 Å². The van der Waals surface area contributed by atoms with E-state index in [1.807, 2.05) is 21.1 Å². The summed E-state index contributed by atoms with van der Waals surface area (Å²) in [4.78, 5) is 35.7. The lowest BCUT2D eigenvalue weighted by atomic mass is 10.1. The Morgan fingerprint density at radius 3 is 1.11 bits per heavy atom. The first-order chi connectivity index (χ1) is 35.0. The lowest BCUT2D eigenvalue weighted by Crippen LogP contribution is -2.37. The lowest BCUT2D eigenvalue weighted by Gasteiger charge is -2.24. The fourth-order valence-electron chi connectivity index (χ4n) is 6.93. The molecular weight excluding hydrogens is 918 g/mol. The zero-order chi connectivity index (χ0) is 52.7. The van der Waals surface area contributed by atoms with Crippen LogP contribution < -0.4 is 0 Å². The van der Waals surface area contributed by atoms with Gasteiger partial charge in [0.2, 0.25) is 0 Å². The number of rotatable bonds is 49. The van der Waals surface area contributed by atoms with Gasteiger partial charge in [-0.05, 0) is 109 Å². The molecule has 408 valence electrons. The maximum atomic E-state index is 12.8. The number of likely N-dealkylation sites (N-methyl/N-ethyl adjacent to an activating group) is 1. The van der Waals surface area contributed by atoms with Crippen LogP contribution in [0.3, 0.4) is 0 Å². The molecule has 0 radical (unpaired) electrons. The first-order valence-corrected chi connectivity index (χ1v) is 29.4. The standard InChI is InChI=1S/C62H102NO8P/c1-6-8-10-12-14-16-18-20-22-24-26-28-29-30-31-32-33-35-37-39-41-43-45-47-49-51-53-55-62(65)71-60(59-70-72(66,67)69-57-56-63(3,4)5)58-68-61(64)54-52-50-48-46-44-42-40-38-36-34-27-25-23-21-19-17-15-13-11-9-7-2/h8-11,14-17,20-23,26-28,30-31,33-35,39,41,60H,6-7,12-13,18-19,24-25,29,32,36-38,40,42-59H2,1-5H3/p+1/b10-8-,11-9-,16-14-,17-15-,22-20-,23-21-,28-26-,31-30-,34-27-,35-33-,41-39-. The average Bonchev–Trinajstić information content (AvgIpc) is 3.34. The van der Waals surface area contributed by atoms with E-state index in [2.05, 4.69) is 148 Å². The Balaban J connectivity index is 4.31. The highest BCUT2D eigenvalue weighted by Crippen LogP contribution is 2.43. The topological polar surface area (TPSA) is 108 Å². The van der Waals surface area contributed by atoms with Gasteiger partial charge in [-0.25, -0.2) is 4.57 Å². The third-order valence-electron chi connectivity index (χ3n) is 11.2. The molecule has 9 nitrogen and oxygen atoms in total. The Morgan fingerprint density at radius 2 is 0.750 bits per heavy atom. The molecule has 0 aromatic carbocycles. The van der Waals surface area contributed by atoms with Gasteiger partial charge in [0.15, 0.2) is 6.10 Å². The number of nitrogens with zero attached hydrogens (tertiary/aromatic N) is 1. The van der Waals surface area contributed by atoms with Gasteiger partial charge in [-0.1, -0.05) is 205 Å². The zero-order valence-electron chi connectivity index (χ0n) is 46.1. The highest BCUT2D eigenvalue weighted by molar-refractivity contribution is 7.47. The summed E-state index contributed by atoms with van der Waals surface area (Å²) in [6, 6.07) is 0. The number of unbranched alkanes of at least 4 members (excludes halogenated alkanes) is 13. The van der Waals surface area contributed by atoms with Crippen molar-refractivity contribution >= 4 is 19.8 Å². The second kappa shape index (κ2) is 52.0. The molecule has 0 amide bonds. The second-order valence-corrected chi connectivity index (χ2v) is 20.7. The number of carbonyl (C=O) groups is 2. The zero-order valence-corrected chi connectivity index (χ0v) is 47.0. The molecule has 0 aliphatic heterocycles. The SMILES string of the molecule is CC/C=C\C/C=C\C/C=C\C/C=C\C/C=C\C/C=C\C/C=C\CCCCCCCC(=O)OC(COC(=O)CCCCCCCCCC/C=C\C/C=C\C/C=C\C/C=C\CC)COP(=O)(O)OCC[N+](C)(C)C. The number of phosphoric acid groups is 1. The smallest absolute Gasteiger partial charge is 0.462 e. The van der Waals surface area contributed by atoms with Gasteiger partial charge in [-0.2, -0.15) is 0 Å². The molecule has 0 bridgehead atoms. The highest BCUT2D eigenvalue weighted by atomic mass is 31.2. The lowest BCUT2D eigenvalue weighted by molar-refractivity contribution is -0.870. The predicted octanol–water partition coefficient (Wildman–Crippen LogP) is 17.4. The summed E-state index contributed by atoms with van der Waals surface area (Å²) < 4.78 is 34.5. The number of phosphoric ester groups is 1. The number of carbonyl (C=O) groups excluding carboxylic acids is 2. The number of ether oxygens (including phenoxy) is 2. The van der Waals surface area contributed by atoms with Crippen LogP contribution in [0, 0.1) is 0 Å². The number of esters is 2. The maximum absolute atomic E-state index is 12.8.